The van der Waals surface area contributed by atoms with Crippen LogP contribution in [0.3, 0.4) is 0 Å². The third-order valence-electron chi connectivity index (χ3n) is 1.71. The zero-order chi connectivity index (χ0) is 12.6. The van der Waals surface area contributed by atoms with Crippen molar-refractivity contribution in [1.29, 1.82) is 0 Å². The van der Waals surface area contributed by atoms with E-state index < -0.39 is 37.9 Å². The van der Waals surface area contributed by atoms with E-state index in [9.17, 15) is 26.0 Å². The van der Waals surface area contributed by atoms with Gasteiger partial charge in [0.05, 0.1) is 11.3 Å². The van der Waals surface area contributed by atoms with E-state index in [-0.39, 0.29) is 6.07 Å². The molecule has 2 nitrogen and oxygen atoms in total. The first-order valence-electron chi connectivity index (χ1n) is 3.87. The van der Waals surface area contributed by atoms with Crippen molar-refractivity contribution in [2.75, 3.05) is 0 Å². The lowest BCUT2D eigenvalue weighted by molar-refractivity contribution is -0.137. The van der Waals surface area contributed by atoms with E-state index in [2.05, 4.69) is 0 Å². The van der Waals surface area contributed by atoms with Gasteiger partial charge in [-0.3, -0.25) is 0 Å². The molecule has 16 heavy (non-hydrogen) atoms. The molecule has 0 spiro atoms. The molecule has 1 aromatic carbocycles. The average molecular weight is 277 g/mol. The number of halogens is 5. The maximum atomic E-state index is 13.1. The van der Waals surface area contributed by atoms with Crippen LogP contribution in [0.25, 0.3) is 0 Å². The summed E-state index contributed by atoms with van der Waals surface area (Å²) in [5, 5.41) is 0. The molecule has 0 radical (unpaired) electrons. The van der Waals surface area contributed by atoms with Crippen molar-refractivity contribution < 1.29 is 26.0 Å². The first kappa shape index (κ1) is 13.2. The van der Waals surface area contributed by atoms with Crippen molar-refractivity contribution in [2.24, 2.45) is 0 Å². The number of rotatable bonds is 2. The lowest BCUT2D eigenvalue weighted by Crippen LogP contribution is -2.07. The van der Waals surface area contributed by atoms with E-state index in [4.69, 9.17) is 10.7 Å². The first-order chi connectivity index (χ1) is 7.09. The fourth-order valence-electron chi connectivity index (χ4n) is 1.03. The summed E-state index contributed by atoms with van der Waals surface area (Å²) < 4.78 is 70.7. The second-order valence-electron chi connectivity index (χ2n) is 2.99. The molecule has 0 atom stereocenters. The Hall–Kier alpha value is -0.820. The molecule has 0 heterocycles. The number of hydrogen-bond acceptors (Lipinski definition) is 2. The molecular formula is C8H5ClF4O2S. The van der Waals surface area contributed by atoms with Crippen molar-refractivity contribution in [2.45, 2.75) is 11.9 Å². The van der Waals surface area contributed by atoms with Gasteiger partial charge < -0.3 is 0 Å². The summed E-state index contributed by atoms with van der Waals surface area (Å²) in [7, 11) is 0.856. The zero-order valence-electron chi connectivity index (χ0n) is 7.55. The molecule has 0 N–H and O–H groups in total. The molecule has 0 unspecified atom stereocenters. The van der Waals surface area contributed by atoms with Gasteiger partial charge in [0.1, 0.15) is 5.82 Å². The summed E-state index contributed by atoms with van der Waals surface area (Å²) in [5.41, 5.74) is -1.58. The highest BCUT2D eigenvalue weighted by Crippen LogP contribution is 2.30. The molecule has 0 saturated heterocycles. The molecule has 0 aromatic heterocycles. The van der Waals surface area contributed by atoms with Gasteiger partial charge >= 0.3 is 6.18 Å². The van der Waals surface area contributed by atoms with Gasteiger partial charge in [-0.1, -0.05) is 6.07 Å². The average Bonchev–Trinajstić information content (AvgIpc) is 2.04. The summed E-state index contributed by atoms with van der Waals surface area (Å²) in [4.78, 5) is 0. The van der Waals surface area contributed by atoms with E-state index in [1.165, 1.54) is 0 Å². The maximum absolute atomic E-state index is 13.1. The molecule has 0 aliphatic carbocycles. The smallest absolute Gasteiger partial charge is 0.212 e. The third-order valence-corrected chi connectivity index (χ3v) is 2.69. The fourth-order valence-corrected chi connectivity index (χ4v) is 1.98. The van der Waals surface area contributed by atoms with Crippen LogP contribution < -0.4 is 0 Å². The SMILES string of the molecule is O=S(=O)(Cl)Cc1ccc(C(F)(F)F)cc1F. The van der Waals surface area contributed by atoms with E-state index in [0.717, 1.165) is 6.07 Å². The van der Waals surface area contributed by atoms with Crippen molar-refractivity contribution in [3.63, 3.8) is 0 Å². The molecule has 0 amide bonds. The third kappa shape index (κ3) is 3.64. The molecule has 0 aliphatic rings. The number of alkyl halides is 3. The van der Waals surface area contributed by atoms with Crippen LogP contribution in [0.5, 0.6) is 0 Å². The van der Waals surface area contributed by atoms with Crippen molar-refractivity contribution in [3.05, 3.63) is 35.1 Å². The van der Waals surface area contributed by atoms with Crippen molar-refractivity contribution in [3.8, 4) is 0 Å². The van der Waals surface area contributed by atoms with Gasteiger partial charge in [-0.15, -0.1) is 0 Å². The largest absolute Gasteiger partial charge is 0.416 e. The number of benzene rings is 1. The normalized spacial score (nSPS) is 12.8. The molecule has 8 heteroatoms. The summed E-state index contributed by atoms with van der Waals surface area (Å²) in [5.74, 6) is -2.10. The van der Waals surface area contributed by atoms with Gasteiger partial charge in [0.25, 0.3) is 0 Å². The highest BCUT2D eigenvalue weighted by molar-refractivity contribution is 8.13. The summed E-state index contributed by atoms with van der Waals surface area (Å²) in [6.45, 7) is 0. The summed E-state index contributed by atoms with van der Waals surface area (Å²) in [6, 6.07) is 1.58. The van der Waals surface area contributed by atoms with E-state index in [0.29, 0.717) is 6.07 Å². The second-order valence-corrected chi connectivity index (χ2v) is 5.76. The van der Waals surface area contributed by atoms with E-state index >= 15 is 0 Å². The lowest BCUT2D eigenvalue weighted by atomic mass is 10.1. The Morgan fingerprint density at radius 2 is 1.81 bits per heavy atom. The minimum atomic E-state index is -4.67. The molecule has 0 aliphatic heterocycles. The van der Waals surface area contributed by atoms with Gasteiger partial charge in [-0.05, 0) is 12.1 Å². The highest BCUT2D eigenvalue weighted by Gasteiger charge is 2.31. The Morgan fingerprint density at radius 3 is 2.19 bits per heavy atom. The Bertz CT molecular complexity index is 495. The van der Waals surface area contributed by atoms with Crippen LogP contribution in [0.15, 0.2) is 18.2 Å². The highest BCUT2D eigenvalue weighted by atomic mass is 35.7. The Labute approximate surface area is 93.3 Å². The topological polar surface area (TPSA) is 34.1 Å². The standard InChI is InChI=1S/C8H5ClF4O2S/c9-16(14,15)4-5-1-2-6(3-7(5)10)8(11,12)13/h1-3H,4H2. The summed E-state index contributed by atoms with van der Waals surface area (Å²) >= 11 is 0. The van der Waals surface area contributed by atoms with Gasteiger partial charge in [0.15, 0.2) is 0 Å². The monoisotopic (exact) mass is 276 g/mol. The molecule has 1 aromatic rings. The molecule has 0 fully saturated rings. The molecule has 0 saturated carbocycles. The van der Waals surface area contributed by atoms with Gasteiger partial charge in [0.2, 0.25) is 9.05 Å². The minimum absolute atomic E-state index is 0.234. The molecular weight excluding hydrogens is 272 g/mol. The van der Waals surface area contributed by atoms with Crippen LogP contribution in [0.1, 0.15) is 11.1 Å². The van der Waals surface area contributed by atoms with Crippen LogP contribution in [-0.4, -0.2) is 8.42 Å². The van der Waals surface area contributed by atoms with Gasteiger partial charge in [-0.2, -0.15) is 13.2 Å². The molecule has 90 valence electrons. The Morgan fingerprint density at radius 1 is 1.25 bits per heavy atom. The number of hydrogen-bond donors (Lipinski definition) is 0. The zero-order valence-corrected chi connectivity index (χ0v) is 9.13. The van der Waals surface area contributed by atoms with E-state index in [1.54, 1.807) is 0 Å². The van der Waals surface area contributed by atoms with Crippen LogP contribution in [0.2, 0.25) is 0 Å². The van der Waals surface area contributed by atoms with Crippen LogP contribution in [0, 0.1) is 5.82 Å². The first-order valence-corrected chi connectivity index (χ1v) is 6.35. The quantitative estimate of drug-likeness (QED) is 0.615. The predicted octanol–water partition coefficient (Wildman–Crippen LogP) is 2.91. The van der Waals surface area contributed by atoms with Crippen molar-refractivity contribution in [1.82, 2.24) is 0 Å². The lowest BCUT2D eigenvalue weighted by Gasteiger charge is -2.08. The summed E-state index contributed by atoms with van der Waals surface area (Å²) in [6.07, 6.45) is -4.67. The van der Waals surface area contributed by atoms with Crippen LogP contribution in [0.4, 0.5) is 17.6 Å². The van der Waals surface area contributed by atoms with Crippen molar-refractivity contribution >= 4 is 19.7 Å². The van der Waals surface area contributed by atoms with Gasteiger partial charge in [0, 0.05) is 16.2 Å². The van der Waals surface area contributed by atoms with E-state index in [1.807, 2.05) is 0 Å². The molecule has 1 rings (SSSR count). The molecule has 0 bridgehead atoms. The predicted molar refractivity (Wildman–Crippen MR) is 49.9 cm³/mol. The second kappa shape index (κ2) is 4.21. The Balaban J connectivity index is 3.11. The maximum Gasteiger partial charge on any atom is 0.416 e. The van der Waals surface area contributed by atoms with Crippen LogP contribution in [-0.2, 0) is 21.0 Å². The van der Waals surface area contributed by atoms with Crippen LogP contribution >= 0.6 is 10.7 Å². The van der Waals surface area contributed by atoms with Gasteiger partial charge in [-0.25, -0.2) is 12.8 Å². The fraction of sp³-hybridized carbons (Fsp3) is 0.250. The Kier molecular flexibility index (Phi) is 3.49. The minimum Gasteiger partial charge on any atom is -0.212 e.